The second kappa shape index (κ2) is 4.25. The average Bonchev–Trinajstić information content (AvgIpc) is 2.15. The predicted molar refractivity (Wildman–Crippen MR) is 46.7 cm³/mol. The molecule has 0 saturated carbocycles. The normalized spacial score (nSPS) is 9.00. The van der Waals surface area contributed by atoms with Gasteiger partial charge in [-0.15, -0.1) is 5.43 Å². The van der Waals surface area contributed by atoms with E-state index in [9.17, 15) is 9.59 Å². The molecule has 13 heavy (non-hydrogen) atoms. The second-order valence-corrected chi connectivity index (χ2v) is 2.45. The van der Waals surface area contributed by atoms with Crippen LogP contribution in [-0.4, -0.2) is 11.8 Å². The lowest BCUT2D eigenvalue weighted by Gasteiger charge is -1.99. The molecule has 0 spiro atoms. The maximum atomic E-state index is 11.2. The molecular formula is C9H9N2O2. The number of nitrogens with one attached hydrogen (secondary N) is 1. The van der Waals surface area contributed by atoms with Crippen molar-refractivity contribution in [1.82, 2.24) is 10.9 Å². The van der Waals surface area contributed by atoms with E-state index in [0.717, 1.165) is 0 Å². The first kappa shape index (κ1) is 9.25. The lowest BCUT2D eigenvalue weighted by Crippen LogP contribution is -2.33. The Morgan fingerprint density at radius 1 is 1.23 bits per heavy atom. The lowest BCUT2D eigenvalue weighted by atomic mass is 10.2. The molecule has 0 aliphatic rings. The van der Waals surface area contributed by atoms with Gasteiger partial charge in [0.25, 0.3) is 5.91 Å². The minimum absolute atomic E-state index is 0.357. The third-order valence-electron chi connectivity index (χ3n) is 1.34. The molecule has 1 aromatic rings. The Morgan fingerprint density at radius 2 is 1.85 bits per heavy atom. The molecule has 0 aliphatic heterocycles. The molecule has 1 radical (unpaired) electrons. The number of rotatable bonds is 1. The molecule has 1 rings (SSSR count). The molecule has 0 aliphatic carbocycles. The van der Waals surface area contributed by atoms with Gasteiger partial charge >= 0.3 is 0 Å². The molecule has 2 amide bonds. The van der Waals surface area contributed by atoms with Crippen molar-refractivity contribution in [3.05, 3.63) is 35.9 Å². The summed E-state index contributed by atoms with van der Waals surface area (Å²) in [5.74, 6) is -0.805. The summed E-state index contributed by atoms with van der Waals surface area (Å²) in [5, 5.41) is 0. The van der Waals surface area contributed by atoms with Crippen molar-refractivity contribution in [2.45, 2.75) is 6.92 Å². The number of hydrogen-bond acceptors (Lipinski definition) is 2. The first-order chi connectivity index (χ1) is 6.20. The van der Waals surface area contributed by atoms with Gasteiger partial charge in [-0.25, -0.2) is 5.43 Å². The highest BCUT2D eigenvalue weighted by Gasteiger charge is 2.05. The summed E-state index contributed by atoms with van der Waals surface area (Å²) >= 11 is 0. The first-order valence-electron chi connectivity index (χ1n) is 3.77. The Labute approximate surface area is 75.9 Å². The summed E-state index contributed by atoms with van der Waals surface area (Å²) in [5.41, 5.74) is 5.89. The molecule has 1 N–H and O–H groups in total. The highest BCUT2D eigenvalue weighted by atomic mass is 16.2. The van der Waals surface area contributed by atoms with Crippen LogP contribution in [0.15, 0.2) is 30.3 Å². The van der Waals surface area contributed by atoms with E-state index in [4.69, 9.17) is 0 Å². The summed E-state index contributed by atoms with van der Waals surface area (Å²) in [6, 6.07) is 8.53. The van der Waals surface area contributed by atoms with Gasteiger partial charge in [-0.3, -0.25) is 9.59 Å². The number of carbonyl (C=O) groups excluding carboxylic acids is 2. The molecule has 4 nitrogen and oxygen atoms in total. The van der Waals surface area contributed by atoms with E-state index in [1.807, 2.05) is 0 Å². The molecule has 1 aromatic carbocycles. The van der Waals surface area contributed by atoms with Crippen molar-refractivity contribution in [3.8, 4) is 0 Å². The van der Waals surface area contributed by atoms with Crippen molar-refractivity contribution >= 4 is 11.8 Å². The van der Waals surface area contributed by atoms with Gasteiger partial charge in [0.1, 0.15) is 0 Å². The number of nitrogens with zero attached hydrogens (tertiary/aromatic N) is 1. The number of amides is 2. The Bertz CT molecular complexity index is 309. The van der Waals surface area contributed by atoms with Crippen LogP contribution in [0.5, 0.6) is 0 Å². The summed E-state index contributed by atoms with van der Waals surface area (Å²) in [7, 11) is 0. The van der Waals surface area contributed by atoms with Gasteiger partial charge in [0.05, 0.1) is 0 Å². The Morgan fingerprint density at radius 3 is 2.38 bits per heavy atom. The van der Waals surface area contributed by atoms with Crippen LogP contribution >= 0.6 is 0 Å². The van der Waals surface area contributed by atoms with E-state index in [1.54, 1.807) is 30.3 Å². The van der Waals surface area contributed by atoms with E-state index < -0.39 is 5.91 Å². The van der Waals surface area contributed by atoms with Crippen molar-refractivity contribution < 1.29 is 9.59 Å². The summed E-state index contributed by atoms with van der Waals surface area (Å²) in [6.07, 6.45) is 0. The predicted octanol–water partition coefficient (Wildman–Crippen LogP) is 0.482. The lowest BCUT2D eigenvalue weighted by molar-refractivity contribution is -0.119. The molecule has 67 valence electrons. The molecule has 0 bridgehead atoms. The fourth-order valence-electron chi connectivity index (χ4n) is 0.775. The zero-order valence-corrected chi connectivity index (χ0v) is 7.15. The van der Waals surface area contributed by atoms with Gasteiger partial charge in [-0.1, -0.05) is 18.2 Å². The molecule has 0 atom stereocenters. The topological polar surface area (TPSA) is 60.3 Å². The van der Waals surface area contributed by atoms with Gasteiger partial charge in [0, 0.05) is 12.5 Å². The quantitative estimate of drug-likeness (QED) is 0.634. The monoisotopic (exact) mass is 177 g/mol. The van der Waals surface area contributed by atoms with E-state index in [-0.39, 0.29) is 5.91 Å². The van der Waals surface area contributed by atoms with Crippen molar-refractivity contribution in [1.29, 1.82) is 0 Å². The first-order valence-corrected chi connectivity index (χ1v) is 3.77. The Kier molecular flexibility index (Phi) is 3.03. The van der Waals surface area contributed by atoms with Crippen LogP contribution in [0.4, 0.5) is 0 Å². The molecule has 0 fully saturated rings. The number of benzene rings is 1. The van der Waals surface area contributed by atoms with Gasteiger partial charge < -0.3 is 0 Å². The van der Waals surface area contributed by atoms with Crippen LogP contribution in [0.2, 0.25) is 0 Å². The van der Waals surface area contributed by atoms with Gasteiger partial charge in [0.2, 0.25) is 5.91 Å². The van der Waals surface area contributed by atoms with E-state index in [0.29, 0.717) is 5.56 Å². The maximum absolute atomic E-state index is 11.2. The maximum Gasteiger partial charge on any atom is 0.293 e. The number of carbonyl (C=O) groups is 2. The van der Waals surface area contributed by atoms with Crippen LogP contribution in [-0.2, 0) is 4.79 Å². The Balaban J connectivity index is 2.54. The van der Waals surface area contributed by atoms with Gasteiger partial charge in [-0.2, -0.15) is 0 Å². The van der Waals surface area contributed by atoms with E-state index >= 15 is 0 Å². The second-order valence-electron chi connectivity index (χ2n) is 2.45. The van der Waals surface area contributed by atoms with Crippen molar-refractivity contribution in [3.63, 3.8) is 0 Å². The van der Waals surface area contributed by atoms with Gasteiger partial charge in [-0.05, 0) is 12.1 Å². The highest BCUT2D eigenvalue weighted by Crippen LogP contribution is 1.97. The molecule has 0 unspecified atom stereocenters. The zero-order chi connectivity index (χ0) is 9.68. The zero-order valence-electron chi connectivity index (χ0n) is 7.15. The molecular weight excluding hydrogens is 168 g/mol. The minimum atomic E-state index is -0.448. The highest BCUT2D eigenvalue weighted by molar-refractivity contribution is 5.94. The summed E-state index contributed by atoms with van der Waals surface area (Å²) in [6.45, 7) is 1.29. The SMILES string of the molecule is CC(=O)N[N]C(=O)c1ccccc1. The van der Waals surface area contributed by atoms with Crippen LogP contribution in [0.1, 0.15) is 17.3 Å². The van der Waals surface area contributed by atoms with Crippen molar-refractivity contribution in [2.75, 3.05) is 0 Å². The standard InChI is InChI=1S/C9H9N2O2/c1-7(12)10-11-9(13)8-5-3-2-4-6-8/h2-6H,1H3,(H,10,12). The third kappa shape index (κ3) is 2.94. The average molecular weight is 177 g/mol. The van der Waals surface area contributed by atoms with Crippen LogP contribution in [0, 0.1) is 0 Å². The fourth-order valence-corrected chi connectivity index (χ4v) is 0.775. The Hall–Kier alpha value is -1.84. The minimum Gasteiger partial charge on any atom is -0.274 e. The molecule has 0 heterocycles. The molecule has 0 aromatic heterocycles. The summed E-state index contributed by atoms with van der Waals surface area (Å²) in [4.78, 5) is 21.6. The fraction of sp³-hybridized carbons (Fsp3) is 0.111. The van der Waals surface area contributed by atoms with E-state index in [1.165, 1.54) is 6.92 Å². The smallest absolute Gasteiger partial charge is 0.274 e. The third-order valence-corrected chi connectivity index (χ3v) is 1.34. The van der Waals surface area contributed by atoms with Gasteiger partial charge in [0.15, 0.2) is 0 Å². The van der Waals surface area contributed by atoms with Crippen molar-refractivity contribution in [2.24, 2.45) is 0 Å². The summed E-state index contributed by atoms with van der Waals surface area (Å²) < 4.78 is 0. The van der Waals surface area contributed by atoms with E-state index in [2.05, 4.69) is 10.9 Å². The van der Waals surface area contributed by atoms with Crippen LogP contribution < -0.4 is 10.9 Å². The molecule has 0 saturated heterocycles. The largest absolute Gasteiger partial charge is 0.293 e. The van der Waals surface area contributed by atoms with Crippen LogP contribution in [0.25, 0.3) is 0 Å². The number of hydrogen-bond donors (Lipinski definition) is 1. The molecule has 4 heteroatoms. The van der Waals surface area contributed by atoms with Crippen LogP contribution in [0.3, 0.4) is 0 Å².